The molecule has 2 aliphatic heterocycles. The summed E-state index contributed by atoms with van der Waals surface area (Å²) in [6.45, 7) is 7.87. The van der Waals surface area contributed by atoms with Crippen LogP contribution in [0.3, 0.4) is 0 Å². The number of rotatable bonds is 12. The number of nitrogens with zero attached hydrogens (tertiary/aromatic N) is 4. The molecule has 1 N–H and O–H groups in total. The van der Waals surface area contributed by atoms with Gasteiger partial charge in [0, 0.05) is 44.1 Å². The van der Waals surface area contributed by atoms with Crippen molar-refractivity contribution in [2.75, 3.05) is 61.0 Å². The van der Waals surface area contributed by atoms with Crippen molar-refractivity contribution in [2.45, 2.75) is 32.2 Å². The van der Waals surface area contributed by atoms with Gasteiger partial charge in [-0.25, -0.2) is 4.39 Å². The molecule has 0 spiro atoms. The number of ether oxygens (including phenoxy) is 1. The van der Waals surface area contributed by atoms with E-state index in [-0.39, 0.29) is 18.2 Å². The molecule has 1 unspecified atom stereocenters. The SMILES string of the molecule is CCCOc1ccc(NC(=O)CC2C(=O)N(c3ccc(F)cc3)C(=S)N2CCCN2CCN(c3ccccc3)CC2)cc1. The normalized spacial score (nSPS) is 17.4. The first-order chi connectivity index (χ1) is 20.9. The summed E-state index contributed by atoms with van der Waals surface area (Å²) in [5.41, 5.74) is 2.35. The number of hydrogen-bond acceptors (Lipinski definition) is 6. The molecule has 0 aliphatic carbocycles. The predicted octanol–water partition coefficient (Wildman–Crippen LogP) is 5.16. The summed E-state index contributed by atoms with van der Waals surface area (Å²) in [4.78, 5) is 34.9. The molecule has 2 amide bonds. The van der Waals surface area contributed by atoms with Gasteiger partial charge in [-0.1, -0.05) is 25.1 Å². The number of para-hydroxylation sites is 1. The summed E-state index contributed by atoms with van der Waals surface area (Å²) >= 11 is 5.77. The first-order valence-electron chi connectivity index (χ1n) is 14.9. The van der Waals surface area contributed by atoms with Gasteiger partial charge in [0.25, 0.3) is 5.91 Å². The molecule has 0 aromatic heterocycles. The molecular formula is C33H38FN5O3S. The van der Waals surface area contributed by atoms with Crippen LogP contribution in [0, 0.1) is 5.82 Å². The third-order valence-electron chi connectivity index (χ3n) is 7.76. The van der Waals surface area contributed by atoms with Crippen molar-refractivity contribution in [3.05, 3.63) is 84.7 Å². The Morgan fingerprint density at radius 1 is 0.930 bits per heavy atom. The van der Waals surface area contributed by atoms with Crippen LogP contribution < -0.4 is 19.9 Å². The molecule has 3 aromatic rings. The average molecular weight is 604 g/mol. The first-order valence-corrected chi connectivity index (χ1v) is 15.3. The van der Waals surface area contributed by atoms with E-state index in [1.54, 1.807) is 12.1 Å². The van der Waals surface area contributed by atoms with Gasteiger partial charge in [-0.15, -0.1) is 0 Å². The molecule has 43 heavy (non-hydrogen) atoms. The van der Waals surface area contributed by atoms with E-state index in [0.29, 0.717) is 29.6 Å². The van der Waals surface area contributed by atoms with Crippen LogP contribution in [0.5, 0.6) is 5.75 Å². The van der Waals surface area contributed by atoms with Crippen LogP contribution in [0.4, 0.5) is 21.5 Å². The molecule has 2 heterocycles. The summed E-state index contributed by atoms with van der Waals surface area (Å²) in [6, 6.07) is 22.5. The van der Waals surface area contributed by atoms with Gasteiger partial charge in [-0.2, -0.15) is 0 Å². The zero-order valence-corrected chi connectivity index (χ0v) is 25.3. The predicted molar refractivity (Wildman–Crippen MR) is 172 cm³/mol. The van der Waals surface area contributed by atoms with Gasteiger partial charge in [0.15, 0.2) is 5.11 Å². The summed E-state index contributed by atoms with van der Waals surface area (Å²) in [6.07, 6.45) is 1.64. The molecule has 1 atom stereocenters. The Labute approximate surface area is 258 Å². The van der Waals surface area contributed by atoms with Crippen molar-refractivity contribution in [3.8, 4) is 5.75 Å². The molecule has 8 nitrogen and oxygen atoms in total. The number of carbonyl (C=O) groups is 2. The molecule has 226 valence electrons. The number of nitrogens with one attached hydrogen (secondary N) is 1. The van der Waals surface area contributed by atoms with Crippen molar-refractivity contribution in [2.24, 2.45) is 0 Å². The van der Waals surface area contributed by atoms with E-state index in [2.05, 4.69) is 39.4 Å². The second-order valence-corrected chi connectivity index (χ2v) is 11.1. The Morgan fingerprint density at radius 3 is 2.30 bits per heavy atom. The Morgan fingerprint density at radius 2 is 1.63 bits per heavy atom. The summed E-state index contributed by atoms with van der Waals surface area (Å²) < 4.78 is 19.3. The van der Waals surface area contributed by atoms with Crippen LogP contribution in [0.1, 0.15) is 26.2 Å². The Balaban J connectivity index is 1.21. The second kappa shape index (κ2) is 14.4. The van der Waals surface area contributed by atoms with E-state index < -0.39 is 11.9 Å². The van der Waals surface area contributed by atoms with Crippen LogP contribution in [-0.4, -0.2) is 78.6 Å². The van der Waals surface area contributed by atoms with Crippen molar-refractivity contribution in [1.82, 2.24) is 9.80 Å². The molecule has 0 saturated carbocycles. The lowest BCUT2D eigenvalue weighted by Crippen LogP contribution is -2.47. The van der Waals surface area contributed by atoms with Gasteiger partial charge in [-0.05, 0) is 92.3 Å². The topological polar surface area (TPSA) is 68.4 Å². The van der Waals surface area contributed by atoms with Gasteiger partial charge >= 0.3 is 0 Å². The maximum Gasteiger partial charge on any atom is 0.256 e. The first kappa shape index (κ1) is 30.4. The smallest absolute Gasteiger partial charge is 0.256 e. The third kappa shape index (κ3) is 7.69. The van der Waals surface area contributed by atoms with Crippen molar-refractivity contribution in [3.63, 3.8) is 0 Å². The van der Waals surface area contributed by atoms with Gasteiger partial charge < -0.3 is 19.9 Å². The van der Waals surface area contributed by atoms with Crippen molar-refractivity contribution < 1.29 is 18.7 Å². The summed E-state index contributed by atoms with van der Waals surface area (Å²) in [5, 5.41) is 3.23. The van der Waals surface area contributed by atoms with Crippen LogP contribution in [0.15, 0.2) is 78.9 Å². The van der Waals surface area contributed by atoms with Gasteiger partial charge in [0.1, 0.15) is 17.6 Å². The van der Waals surface area contributed by atoms with Gasteiger partial charge in [-0.3, -0.25) is 19.4 Å². The maximum atomic E-state index is 13.7. The summed E-state index contributed by atoms with van der Waals surface area (Å²) in [7, 11) is 0. The number of amides is 2. The minimum Gasteiger partial charge on any atom is -0.494 e. The van der Waals surface area contributed by atoms with Crippen LogP contribution in [0.2, 0.25) is 0 Å². The molecule has 2 aliphatic rings. The molecule has 2 fully saturated rings. The molecule has 3 aromatic carbocycles. The highest BCUT2D eigenvalue weighted by atomic mass is 32.1. The molecular weight excluding hydrogens is 565 g/mol. The third-order valence-corrected chi connectivity index (χ3v) is 8.18. The van der Waals surface area contributed by atoms with E-state index in [1.165, 1.54) is 34.9 Å². The van der Waals surface area contributed by atoms with E-state index in [1.807, 2.05) is 30.0 Å². The number of carbonyl (C=O) groups excluding carboxylic acids is 2. The highest BCUT2D eigenvalue weighted by Crippen LogP contribution is 2.28. The van der Waals surface area contributed by atoms with E-state index in [9.17, 15) is 14.0 Å². The molecule has 2 saturated heterocycles. The minimum atomic E-state index is -0.750. The minimum absolute atomic E-state index is 0.0551. The number of anilines is 3. The molecule has 0 bridgehead atoms. The van der Waals surface area contributed by atoms with Crippen molar-refractivity contribution >= 4 is 46.2 Å². The Kier molecular flexibility index (Phi) is 10.2. The largest absolute Gasteiger partial charge is 0.494 e. The zero-order valence-electron chi connectivity index (χ0n) is 24.5. The average Bonchev–Trinajstić information content (AvgIpc) is 3.25. The fraction of sp³-hybridized carbons (Fsp3) is 0.364. The molecule has 10 heteroatoms. The lowest BCUT2D eigenvalue weighted by Gasteiger charge is -2.36. The standard InChI is InChI=1S/C33H38FN5O3S/c1-2-23-42-29-15-11-26(12-16-29)35-31(40)24-30-32(41)39(28-13-9-25(34)10-14-28)33(43)38(30)18-6-17-36-19-21-37(22-20-36)27-7-4-3-5-8-27/h3-5,7-16,30H,2,6,17-24H2,1H3,(H,35,40). The van der Waals surface area contributed by atoms with Crippen molar-refractivity contribution in [1.29, 1.82) is 0 Å². The zero-order chi connectivity index (χ0) is 30.2. The maximum absolute atomic E-state index is 13.7. The number of piperazine rings is 1. The lowest BCUT2D eigenvalue weighted by molar-refractivity contribution is -0.124. The quantitative estimate of drug-likeness (QED) is 0.287. The van der Waals surface area contributed by atoms with Gasteiger partial charge in [0.05, 0.1) is 18.7 Å². The highest BCUT2D eigenvalue weighted by molar-refractivity contribution is 7.80. The van der Waals surface area contributed by atoms with Crippen LogP contribution >= 0.6 is 12.2 Å². The number of benzene rings is 3. The van der Waals surface area contributed by atoms with E-state index >= 15 is 0 Å². The number of thiocarbonyl (C=S) groups is 1. The number of hydrogen-bond donors (Lipinski definition) is 1. The second-order valence-electron chi connectivity index (χ2n) is 10.8. The Bertz CT molecular complexity index is 1380. The fourth-order valence-corrected chi connectivity index (χ4v) is 5.90. The van der Waals surface area contributed by atoms with E-state index in [4.69, 9.17) is 17.0 Å². The van der Waals surface area contributed by atoms with E-state index in [0.717, 1.165) is 51.3 Å². The lowest BCUT2D eigenvalue weighted by atomic mass is 10.1. The van der Waals surface area contributed by atoms with Crippen LogP contribution in [0.25, 0.3) is 0 Å². The fourth-order valence-electron chi connectivity index (χ4n) is 5.49. The number of halogens is 1. The monoisotopic (exact) mass is 603 g/mol. The summed E-state index contributed by atoms with van der Waals surface area (Å²) in [5.74, 6) is -0.232. The van der Waals surface area contributed by atoms with Crippen LogP contribution in [-0.2, 0) is 9.59 Å². The van der Waals surface area contributed by atoms with Gasteiger partial charge in [0.2, 0.25) is 5.91 Å². The molecule has 0 radical (unpaired) electrons. The highest BCUT2D eigenvalue weighted by Gasteiger charge is 2.44. The molecule has 5 rings (SSSR count). The Hall–Kier alpha value is -4.02.